The molecule has 2 aromatic rings. The fourth-order valence-corrected chi connectivity index (χ4v) is 6.13. The maximum absolute atomic E-state index is 10.7. The first kappa shape index (κ1) is 28.2. The van der Waals surface area contributed by atoms with E-state index in [1.165, 1.54) is 0 Å². The first-order chi connectivity index (χ1) is 18.5. The van der Waals surface area contributed by atoms with Gasteiger partial charge in [-0.2, -0.15) is 0 Å². The van der Waals surface area contributed by atoms with Crippen molar-refractivity contribution in [1.29, 1.82) is 0 Å². The zero-order valence-electron chi connectivity index (χ0n) is 22.9. The van der Waals surface area contributed by atoms with E-state index >= 15 is 0 Å². The number of aliphatic hydroxyl groups is 1. The molecule has 0 amide bonds. The van der Waals surface area contributed by atoms with Crippen LogP contribution in [0.4, 0.5) is 5.69 Å². The van der Waals surface area contributed by atoms with Gasteiger partial charge < -0.3 is 20.1 Å². The first-order valence-corrected chi connectivity index (χ1v) is 14.6. The van der Waals surface area contributed by atoms with Gasteiger partial charge in [-0.1, -0.05) is 32.0 Å². The fraction of sp³-hybridized carbons (Fsp3) is 0.467. The number of aromatic nitrogens is 1. The number of β-amino-alcohol motifs (C(OH)–C–C–N with tert-alkyl or cyclic N) is 1. The highest BCUT2D eigenvalue weighted by atomic mass is 32.2. The molecule has 0 bridgehead atoms. The standard InChI is InChI=1S/C30H41N5O2S/c1-5-9-28(33-26-12-7-10-23-11-8-15-32-29(23)26)35-18-16-34(17-19-35)21-24(36)22-37-25-13-14-30(3,38-6-2)27(20-25)31-4/h7-13,15,20,24,33,36H,4-6,14,16-19,21-22H2,1-3H3/b28-9+. The fourth-order valence-electron chi connectivity index (χ4n) is 5.02. The molecule has 2 unspecified atom stereocenters. The van der Waals surface area contributed by atoms with E-state index in [4.69, 9.17) is 4.74 Å². The van der Waals surface area contributed by atoms with Crippen molar-refractivity contribution in [1.82, 2.24) is 14.8 Å². The second-order valence-corrected chi connectivity index (χ2v) is 11.7. The van der Waals surface area contributed by atoms with E-state index in [1.54, 1.807) is 0 Å². The van der Waals surface area contributed by atoms with Crippen molar-refractivity contribution in [3.8, 4) is 0 Å². The monoisotopic (exact) mass is 535 g/mol. The lowest BCUT2D eigenvalue weighted by molar-refractivity contribution is 0.0336. The van der Waals surface area contributed by atoms with Gasteiger partial charge in [-0.3, -0.25) is 14.9 Å². The van der Waals surface area contributed by atoms with Crippen molar-refractivity contribution < 1.29 is 9.84 Å². The van der Waals surface area contributed by atoms with E-state index in [9.17, 15) is 5.11 Å². The van der Waals surface area contributed by atoms with Crippen LogP contribution in [0.15, 0.2) is 77.0 Å². The molecule has 0 radical (unpaired) electrons. The second kappa shape index (κ2) is 13.3. The first-order valence-electron chi connectivity index (χ1n) is 13.6. The molecule has 2 heterocycles. The van der Waals surface area contributed by atoms with E-state index < -0.39 is 6.10 Å². The van der Waals surface area contributed by atoms with E-state index in [0.717, 1.165) is 78.6 Å². The van der Waals surface area contributed by atoms with Gasteiger partial charge in [-0.05, 0) is 56.5 Å². The molecule has 0 spiro atoms. The van der Waals surface area contributed by atoms with Gasteiger partial charge in [0.2, 0.25) is 0 Å². The van der Waals surface area contributed by atoms with Gasteiger partial charge in [0.05, 0.1) is 21.6 Å². The number of anilines is 1. The van der Waals surface area contributed by atoms with Gasteiger partial charge in [0.1, 0.15) is 24.3 Å². The average Bonchev–Trinajstić information content (AvgIpc) is 2.93. The number of piperazine rings is 1. The van der Waals surface area contributed by atoms with E-state index in [1.807, 2.05) is 30.1 Å². The predicted octanol–water partition coefficient (Wildman–Crippen LogP) is 5.28. The number of hydrogen-bond donors (Lipinski definition) is 2. The zero-order chi connectivity index (χ0) is 27.0. The summed E-state index contributed by atoms with van der Waals surface area (Å²) < 4.78 is 5.89. The van der Waals surface area contributed by atoms with Crippen LogP contribution >= 0.6 is 11.8 Å². The van der Waals surface area contributed by atoms with Crippen molar-refractivity contribution in [2.45, 2.75) is 44.5 Å². The number of ether oxygens (including phenoxy) is 1. The number of nitrogens with zero attached hydrogens (tertiary/aromatic N) is 4. The lowest BCUT2D eigenvalue weighted by Crippen LogP contribution is -2.49. The molecule has 0 saturated carbocycles. The van der Waals surface area contributed by atoms with Crippen LogP contribution in [0.2, 0.25) is 0 Å². The van der Waals surface area contributed by atoms with E-state index in [2.05, 4.69) is 89.0 Å². The number of aliphatic hydroxyl groups excluding tert-OH is 1. The van der Waals surface area contributed by atoms with Crippen LogP contribution in [-0.2, 0) is 4.74 Å². The maximum atomic E-state index is 10.7. The Bertz CT molecular complexity index is 1180. The molecular formula is C30H41N5O2S. The van der Waals surface area contributed by atoms with Gasteiger partial charge in [0, 0.05) is 50.4 Å². The quantitative estimate of drug-likeness (QED) is 0.359. The topological polar surface area (TPSA) is 73.2 Å². The smallest absolute Gasteiger partial charge is 0.117 e. The van der Waals surface area contributed by atoms with Gasteiger partial charge in [-0.25, -0.2) is 0 Å². The van der Waals surface area contributed by atoms with Crippen LogP contribution in [0.3, 0.4) is 0 Å². The number of thioether (sulfide) groups is 1. The molecule has 38 heavy (non-hydrogen) atoms. The van der Waals surface area contributed by atoms with Crippen molar-refractivity contribution >= 4 is 35.1 Å². The van der Waals surface area contributed by atoms with Crippen LogP contribution in [0.25, 0.3) is 10.9 Å². The third kappa shape index (κ3) is 6.98. The highest BCUT2D eigenvalue weighted by molar-refractivity contribution is 8.00. The third-order valence-corrected chi connectivity index (χ3v) is 8.37. The van der Waals surface area contributed by atoms with Crippen LogP contribution in [0, 0.1) is 0 Å². The Balaban J connectivity index is 1.27. The molecule has 2 N–H and O–H groups in total. The second-order valence-electron chi connectivity index (χ2n) is 9.92. The minimum Gasteiger partial charge on any atom is -0.491 e. The SMILES string of the molecule is C=NC1=CC(OCC(O)CN2CCN(/C(=C/CC)Nc3cccc4cccnc34)CC2)=CCC1(C)SCC. The Labute approximate surface area is 231 Å². The van der Waals surface area contributed by atoms with Gasteiger partial charge >= 0.3 is 0 Å². The summed E-state index contributed by atoms with van der Waals surface area (Å²) in [6.45, 7) is 14.7. The van der Waals surface area contributed by atoms with Crippen molar-refractivity contribution in [3.63, 3.8) is 0 Å². The normalized spacial score (nSPS) is 21.6. The summed E-state index contributed by atoms with van der Waals surface area (Å²) in [5.41, 5.74) is 2.94. The summed E-state index contributed by atoms with van der Waals surface area (Å²) in [4.78, 5) is 13.5. The number of allylic oxidation sites excluding steroid dienone is 3. The number of hydrogen-bond acceptors (Lipinski definition) is 8. The van der Waals surface area contributed by atoms with Gasteiger partial charge in [0.15, 0.2) is 0 Å². The zero-order valence-corrected chi connectivity index (χ0v) is 23.7. The Morgan fingerprint density at radius 3 is 2.79 bits per heavy atom. The number of rotatable bonds is 12. The molecule has 2 aliphatic rings. The molecule has 1 fully saturated rings. The minimum atomic E-state index is -0.556. The molecular weight excluding hydrogens is 494 g/mol. The van der Waals surface area contributed by atoms with Crippen LogP contribution in [0.1, 0.15) is 33.6 Å². The van der Waals surface area contributed by atoms with Crippen molar-refractivity contribution in [3.05, 3.63) is 72.0 Å². The molecule has 1 aliphatic carbocycles. The number of aliphatic imine (C=N–C) groups is 1. The number of benzene rings is 1. The highest BCUT2D eigenvalue weighted by Crippen LogP contribution is 2.40. The number of nitrogens with one attached hydrogen (secondary N) is 1. The molecule has 1 aliphatic heterocycles. The summed E-state index contributed by atoms with van der Waals surface area (Å²) in [5.74, 6) is 2.91. The minimum absolute atomic E-state index is 0.0638. The Hall–Kier alpha value is -2.81. The Morgan fingerprint density at radius 1 is 1.26 bits per heavy atom. The highest BCUT2D eigenvalue weighted by Gasteiger charge is 2.31. The van der Waals surface area contributed by atoms with E-state index in [0.29, 0.717) is 6.54 Å². The predicted molar refractivity (Wildman–Crippen MR) is 161 cm³/mol. The summed E-state index contributed by atoms with van der Waals surface area (Å²) in [6.07, 6.45) is 9.37. The Morgan fingerprint density at radius 2 is 2.05 bits per heavy atom. The summed E-state index contributed by atoms with van der Waals surface area (Å²) in [7, 11) is 0. The molecule has 4 rings (SSSR count). The van der Waals surface area contributed by atoms with E-state index in [-0.39, 0.29) is 11.4 Å². The Kier molecular flexibility index (Phi) is 9.88. The molecule has 1 saturated heterocycles. The summed E-state index contributed by atoms with van der Waals surface area (Å²) in [6, 6.07) is 10.3. The molecule has 7 nitrogen and oxygen atoms in total. The summed E-state index contributed by atoms with van der Waals surface area (Å²) >= 11 is 1.87. The largest absolute Gasteiger partial charge is 0.491 e. The summed E-state index contributed by atoms with van der Waals surface area (Å²) in [5, 5.41) is 15.5. The number of fused-ring (bicyclic) bond motifs is 1. The lowest BCUT2D eigenvalue weighted by atomic mass is 9.97. The average molecular weight is 536 g/mol. The molecule has 1 aromatic carbocycles. The maximum Gasteiger partial charge on any atom is 0.117 e. The van der Waals surface area contributed by atoms with Crippen molar-refractivity contribution in [2.24, 2.45) is 4.99 Å². The van der Waals surface area contributed by atoms with Gasteiger partial charge in [0.25, 0.3) is 0 Å². The molecule has 1 aromatic heterocycles. The van der Waals surface area contributed by atoms with Crippen LogP contribution in [-0.4, -0.2) is 82.5 Å². The van der Waals surface area contributed by atoms with Crippen molar-refractivity contribution in [2.75, 3.05) is 50.4 Å². The van der Waals surface area contributed by atoms with Crippen LogP contribution in [0.5, 0.6) is 0 Å². The number of para-hydroxylation sites is 1. The molecule has 8 heteroatoms. The van der Waals surface area contributed by atoms with Crippen LogP contribution < -0.4 is 5.32 Å². The van der Waals surface area contributed by atoms with Gasteiger partial charge in [-0.15, -0.1) is 11.8 Å². The lowest BCUT2D eigenvalue weighted by Gasteiger charge is -2.38. The molecule has 2 atom stereocenters. The molecule has 204 valence electrons. The third-order valence-electron chi connectivity index (χ3n) is 7.06. The number of pyridine rings is 1.